The molecule has 3 aromatic rings. The van der Waals surface area contributed by atoms with E-state index in [0.29, 0.717) is 12.2 Å². The highest BCUT2D eigenvalue weighted by Crippen LogP contribution is 2.31. The highest BCUT2D eigenvalue weighted by Gasteiger charge is 2.25. The number of nitro benzene ring substituents is 1. The van der Waals surface area contributed by atoms with Crippen LogP contribution in [0.1, 0.15) is 19.4 Å². The maximum Gasteiger partial charge on any atom is 0.294 e. The Morgan fingerprint density at radius 3 is 2.47 bits per heavy atom. The molecule has 0 fully saturated rings. The summed E-state index contributed by atoms with van der Waals surface area (Å²) in [6.45, 7) is 4.57. The van der Waals surface area contributed by atoms with Crippen molar-refractivity contribution in [3.8, 4) is 0 Å². The van der Waals surface area contributed by atoms with Gasteiger partial charge in [0.1, 0.15) is 5.69 Å². The van der Waals surface area contributed by atoms with Gasteiger partial charge < -0.3 is 5.32 Å². The molecular weight excluding hydrogens is 406 g/mol. The van der Waals surface area contributed by atoms with E-state index in [1.54, 1.807) is 30.9 Å². The van der Waals surface area contributed by atoms with Gasteiger partial charge in [-0.25, -0.2) is 8.42 Å². The van der Waals surface area contributed by atoms with Crippen LogP contribution in [0.4, 0.5) is 17.1 Å². The average molecular weight is 430 g/mol. The molecule has 0 aliphatic carbocycles. The molecule has 1 aromatic heterocycles. The van der Waals surface area contributed by atoms with Crippen LogP contribution in [0, 0.1) is 10.1 Å². The predicted molar refractivity (Wildman–Crippen MR) is 114 cm³/mol. The third-order valence-electron chi connectivity index (χ3n) is 4.61. The molecule has 10 heteroatoms. The summed E-state index contributed by atoms with van der Waals surface area (Å²) in [5.74, 6) is 0. The number of hydrogen-bond acceptors (Lipinski definition) is 6. The largest absolute Gasteiger partial charge is 0.347 e. The topological polar surface area (TPSA) is 110 Å². The Hall–Kier alpha value is -3.24. The van der Waals surface area contributed by atoms with E-state index in [1.165, 1.54) is 16.4 Å². The van der Waals surface area contributed by atoms with E-state index in [2.05, 4.69) is 10.4 Å². The van der Waals surface area contributed by atoms with Crippen molar-refractivity contribution in [3.05, 3.63) is 76.6 Å². The molecule has 9 nitrogen and oxygen atoms in total. The SMILES string of the molecule is CCN(CC)S(=O)(=O)c1ccc(Nc2cnn(Cc3ccccc3)c2)c([N+](=O)[O-])c1. The first-order chi connectivity index (χ1) is 14.3. The summed E-state index contributed by atoms with van der Waals surface area (Å²) < 4.78 is 28.3. The van der Waals surface area contributed by atoms with Gasteiger partial charge in [0.05, 0.1) is 28.2 Å². The van der Waals surface area contributed by atoms with Gasteiger partial charge in [-0.3, -0.25) is 14.8 Å². The first kappa shape index (κ1) is 21.5. The Morgan fingerprint density at radius 1 is 1.13 bits per heavy atom. The third kappa shape index (κ3) is 4.66. The van der Waals surface area contributed by atoms with Gasteiger partial charge in [-0.1, -0.05) is 44.2 Å². The van der Waals surface area contributed by atoms with Gasteiger partial charge in [0.2, 0.25) is 10.0 Å². The summed E-state index contributed by atoms with van der Waals surface area (Å²) >= 11 is 0. The molecule has 158 valence electrons. The van der Waals surface area contributed by atoms with E-state index < -0.39 is 14.9 Å². The van der Waals surface area contributed by atoms with Crippen molar-refractivity contribution < 1.29 is 13.3 Å². The number of hydrogen-bond donors (Lipinski definition) is 1. The highest BCUT2D eigenvalue weighted by atomic mass is 32.2. The number of aromatic nitrogens is 2. The Balaban J connectivity index is 1.86. The molecule has 0 spiro atoms. The minimum Gasteiger partial charge on any atom is -0.347 e. The molecule has 0 saturated heterocycles. The van der Waals surface area contributed by atoms with Crippen molar-refractivity contribution in [3.63, 3.8) is 0 Å². The predicted octanol–water partition coefficient (Wildman–Crippen LogP) is 3.61. The lowest BCUT2D eigenvalue weighted by molar-refractivity contribution is -0.384. The van der Waals surface area contributed by atoms with Crippen molar-refractivity contribution in [2.45, 2.75) is 25.3 Å². The minimum absolute atomic E-state index is 0.108. The quantitative estimate of drug-likeness (QED) is 0.411. The lowest BCUT2D eigenvalue weighted by Gasteiger charge is -2.18. The second-order valence-electron chi connectivity index (χ2n) is 6.56. The van der Waals surface area contributed by atoms with Crippen molar-refractivity contribution in [1.82, 2.24) is 14.1 Å². The fourth-order valence-electron chi connectivity index (χ4n) is 3.08. The van der Waals surface area contributed by atoms with Gasteiger partial charge in [-0.15, -0.1) is 0 Å². The van der Waals surface area contributed by atoms with E-state index >= 15 is 0 Å². The number of rotatable bonds is 9. The summed E-state index contributed by atoms with van der Waals surface area (Å²) in [5.41, 5.74) is 1.51. The fraction of sp³-hybridized carbons (Fsp3) is 0.250. The maximum atomic E-state index is 12.7. The Kier molecular flexibility index (Phi) is 6.48. The lowest BCUT2D eigenvalue weighted by atomic mass is 10.2. The van der Waals surface area contributed by atoms with Crippen LogP contribution in [-0.4, -0.2) is 40.5 Å². The number of nitro groups is 1. The summed E-state index contributed by atoms with van der Waals surface area (Å²) in [6, 6.07) is 13.6. The molecule has 0 atom stereocenters. The van der Waals surface area contributed by atoms with Crippen molar-refractivity contribution >= 4 is 27.1 Å². The van der Waals surface area contributed by atoms with E-state index in [-0.39, 0.29) is 29.4 Å². The zero-order chi connectivity index (χ0) is 21.7. The molecule has 0 amide bonds. The third-order valence-corrected chi connectivity index (χ3v) is 6.65. The Labute approximate surface area is 175 Å². The summed E-state index contributed by atoms with van der Waals surface area (Å²) in [5, 5.41) is 18.8. The van der Waals surface area contributed by atoms with Crippen LogP contribution >= 0.6 is 0 Å². The molecule has 0 bridgehead atoms. The average Bonchev–Trinajstić information content (AvgIpc) is 3.16. The first-order valence-corrected chi connectivity index (χ1v) is 10.9. The molecule has 0 aliphatic rings. The van der Waals surface area contributed by atoms with E-state index in [4.69, 9.17) is 0 Å². The highest BCUT2D eigenvalue weighted by molar-refractivity contribution is 7.89. The van der Waals surface area contributed by atoms with Crippen LogP contribution in [0.5, 0.6) is 0 Å². The molecule has 1 N–H and O–H groups in total. The van der Waals surface area contributed by atoms with Gasteiger partial charge in [0.15, 0.2) is 0 Å². The van der Waals surface area contributed by atoms with Gasteiger partial charge in [-0.2, -0.15) is 9.40 Å². The van der Waals surface area contributed by atoms with Crippen LogP contribution < -0.4 is 5.32 Å². The monoisotopic (exact) mass is 429 g/mol. The Morgan fingerprint density at radius 2 is 1.83 bits per heavy atom. The second-order valence-corrected chi connectivity index (χ2v) is 8.50. The molecule has 0 aliphatic heterocycles. The van der Waals surface area contributed by atoms with Crippen LogP contribution in [0.25, 0.3) is 0 Å². The zero-order valence-electron chi connectivity index (χ0n) is 16.7. The number of nitrogens with one attached hydrogen (secondary N) is 1. The molecule has 0 saturated carbocycles. The number of benzene rings is 2. The number of nitrogens with zero attached hydrogens (tertiary/aromatic N) is 4. The number of anilines is 2. The van der Waals surface area contributed by atoms with Crippen LogP contribution in [0.2, 0.25) is 0 Å². The molecular formula is C20H23N5O4S. The summed E-state index contributed by atoms with van der Waals surface area (Å²) in [7, 11) is -3.79. The van der Waals surface area contributed by atoms with E-state index in [1.807, 2.05) is 30.3 Å². The molecule has 1 heterocycles. The molecule has 30 heavy (non-hydrogen) atoms. The van der Waals surface area contributed by atoms with E-state index in [9.17, 15) is 18.5 Å². The lowest BCUT2D eigenvalue weighted by Crippen LogP contribution is -2.30. The van der Waals surface area contributed by atoms with Gasteiger partial charge in [-0.05, 0) is 17.7 Å². The van der Waals surface area contributed by atoms with Crippen LogP contribution in [0.3, 0.4) is 0 Å². The fourth-order valence-corrected chi connectivity index (χ4v) is 4.56. The normalized spacial score (nSPS) is 11.6. The first-order valence-electron chi connectivity index (χ1n) is 9.47. The molecule has 0 unspecified atom stereocenters. The van der Waals surface area contributed by atoms with Gasteiger partial charge in [0, 0.05) is 25.4 Å². The minimum atomic E-state index is -3.79. The molecule has 0 radical (unpaired) electrons. The molecule has 2 aromatic carbocycles. The van der Waals surface area contributed by atoms with Gasteiger partial charge >= 0.3 is 0 Å². The zero-order valence-corrected chi connectivity index (χ0v) is 17.5. The van der Waals surface area contributed by atoms with Crippen molar-refractivity contribution in [2.24, 2.45) is 0 Å². The second kappa shape index (κ2) is 9.06. The Bertz CT molecular complexity index is 1130. The maximum absolute atomic E-state index is 12.7. The van der Waals surface area contributed by atoms with Crippen molar-refractivity contribution in [2.75, 3.05) is 18.4 Å². The number of sulfonamides is 1. The molecule has 3 rings (SSSR count). The van der Waals surface area contributed by atoms with E-state index in [0.717, 1.165) is 11.6 Å². The van der Waals surface area contributed by atoms with Crippen LogP contribution in [0.15, 0.2) is 65.8 Å². The van der Waals surface area contributed by atoms with Gasteiger partial charge in [0.25, 0.3) is 5.69 Å². The standard InChI is InChI=1S/C20H23N5O4S/c1-3-24(4-2)30(28,29)18-10-11-19(20(12-18)25(26)27)22-17-13-21-23(15-17)14-16-8-6-5-7-9-16/h5-13,15,22H,3-4,14H2,1-2H3. The summed E-state index contributed by atoms with van der Waals surface area (Å²) in [4.78, 5) is 10.9. The van der Waals surface area contributed by atoms with Crippen molar-refractivity contribution in [1.29, 1.82) is 0 Å². The smallest absolute Gasteiger partial charge is 0.294 e. The van der Waals surface area contributed by atoms with Crippen LogP contribution in [-0.2, 0) is 16.6 Å². The summed E-state index contributed by atoms with van der Waals surface area (Å²) in [6.07, 6.45) is 3.30.